The molecule has 2 rings (SSSR count). The van der Waals surface area contributed by atoms with Crippen LogP contribution in [0.3, 0.4) is 0 Å². The average Bonchev–Trinajstić information content (AvgIpc) is 2.46. The molecule has 1 aromatic carbocycles. The number of hydrogen-bond donors (Lipinski definition) is 1. The van der Waals surface area contributed by atoms with E-state index in [1.165, 1.54) is 15.0 Å². The predicted octanol–water partition coefficient (Wildman–Crippen LogP) is 2.92. The summed E-state index contributed by atoms with van der Waals surface area (Å²) in [7, 11) is 0. The number of benzene rings is 1. The molecule has 62 valence electrons. The molecule has 12 heavy (non-hydrogen) atoms. The van der Waals surface area contributed by atoms with Crippen molar-refractivity contribution in [2.75, 3.05) is 0 Å². The standard InChI is InChI=1S/C10H11NS/c1-7(11)10-6-8-4-2-3-5-9(8)12-10/h2-7H,11H2,1H3/t7-/m0/s1. The third-order valence-corrected chi connectivity index (χ3v) is 3.21. The first kappa shape index (κ1) is 7.77. The zero-order chi connectivity index (χ0) is 8.55. The Morgan fingerprint density at radius 3 is 2.75 bits per heavy atom. The van der Waals surface area contributed by atoms with Gasteiger partial charge in [0.25, 0.3) is 0 Å². The summed E-state index contributed by atoms with van der Waals surface area (Å²) < 4.78 is 1.32. The summed E-state index contributed by atoms with van der Waals surface area (Å²) in [4.78, 5) is 1.26. The lowest BCUT2D eigenvalue weighted by atomic mass is 10.2. The summed E-state index contributed by atoms with van der Waals surface area (Å²) in [5.74, 6) is 0. The maximum atomic E-state index is 5.79. The van der Waals surface area contributed by atoms with Gasteiger partial charge >= 0.3 is 0 Å². The largest absolute Gasteiger partial charge is 0.324 e. The minimum absolute atomic E-state index is 0.155. The maximum absolute atomic E-state index is 5.79. The highest BCUT2D eigenvalue weighted by Gasteiger charge is 2.03. The summed E-state index contributed by atoms with van der Waals surface area (Å²) >= 11 is 1.78. The smallest absolute Gasteiger partial charge is 0.0361 e. The molecule has 0 spiro atoms. The summed E-state index contributed by atoms with van der Waals surface area (Å²) in [6.45, 7) is 2.02. The highest BCUT2D eigenvalue weighted by Crippen LogP contribution is 2.28. The lowest BCUT2D eigenvalue weighted by Gasteiger charge is -1.96. The van der Waals surface area contributed by atoms with Gasteiger partial charge < -0.3 is 5.73 Å². The molecule has 1 atom stereocenters. The first-order valence-corrected chi connectivity index (χ1v) is 4.83. The predicted molar refractivity (Wildman–Crippen MR) is 54.4 cm³/mol. The van der Waals surface area contributed by atoms with Gasteiger partial charge in [0, 0.05) is 15.6 Å². The van der Waals surface area contributed by atoms with Crippen LogP contribution in [0.2, 0.25) is 0 Å². The van der Waals surface area contributed by atoms with Gasteiger partial charge in [-0.25, -0.2) is 0 Å². The van der Waals surface area contributed by atoms with Crippen molar-refractivity contribution >= 4 is 21.4 Å². The van der Waals surface area contributed by atoms with Crippen molar-refractivity contribution in [2.24, 2.45) is 5.73 Å². The van der Waals surface area contributed by atoms with Gasteiger partial charge in [-0.15, -0.1) is 11.3 Å². The fraction of sp³-hybridized carbons (Fsp3) is 0.200. The van der Waals surface area contributed by atoms with E-state index in [0.717, 1.165) is 0 Å². The van der Waals surface area contributed by atoms with E-state index in [9.17, 15) is 0 Å². The summed E-state index contributed by atoms with van der Waals surface area (Å²) in [5.41, 5.74) is 5.79. The van der Waals surface area contributed by atoms with E-state index in [-0.39, 0.29) is 6.04 Å². The van der Waals surface area contributed by atoms with E-state index < -0.39 is 0 Å². The Kier molecular flexibility index (Phi) is 1.87. The van der Waals surface area contributed by atoms with Gasteiger partial charge in [0.2, 0.25) is 0 Å². The quantitative estimate of drug-likeness (QED) is 0.712. The molecule has 0 radical (unpaired) electrons. The molecule has 1 nitrogen and oxygen atoms in total. The van der Waals surface area contributed by atoms with Crippen LogP contribution in [0, 0.1) is 0 Å². The second-order valence-corrected chi connectivity index (χ2v) is 4.09. The zero-order valence-corrected chi connectivity index (χ0v) is 7.77. The van der Waals surface area contributed by atoms with E-state index in [1.54, 1.807) is 11.3 Å². The van der Waals surface area contributed by atoms with Crippen molar-refractivity contribution in [3.63, 3.8) is 0 Å². The van der Waals surface area contributed by atoms with Crippen LogP contribution >= 0.6 is 11.3 Å². The average molecular weight is 177 g/mol. The van der Waals surface area contributed by atoms with E-state index in [0.29, 0.717) is 0 Å². The SMILES string of the molecule is C[C@H](N)c1cc2ccccc2s1. The molecule has 1 aromatic heterocycles. The van der Waals surface area contributed by atoms with E-state index in [1.807, 2.05) is 6.92 Å². The molecule has 2 heteroatoms. The first-order chi connectivity index (χ1) is 5.77. The molecule has 2 aromatic rings. The van der Waals surface area contributed by atoms with Crippen LogP contribution < -0.4 is 5.73 Å². The van der Waals surface area contributed by atoms with Crippen molar-refractivity contribution in [2.45, 2.75) is 13.0 Å². The first-order valence-electron chi connectivity index (χ1n) is 4.01. The van der Waals surface area contributed by atoms with Gasteiger partial charge in [-0.1, -0.05) is 18.2 Å². The molecule has 1 heterocycles. The van der Waals surface area contributed by atoms with E-state index in [2.05, 4.69) is 30.3 Å². The number of hydrogen-bond acceptors (Lipinski definition) is 2. The third-order valence-electron chi connectivity index (χ3n) is 1.89. The highest BCUT2D eigenvalue weighted by atomic mass is 32.1. The molecule has 0 amide bonds. The summed E-state index contributed by atoms with van der Waals surface area (Å²) in [5, 5.41) is 1.30. The van der Waals surface area contributed by atoms with Crippen molar-refractivity contribution in [3.05, 3.63) is 35.2 Å². The Morgan fingerprint density at radius 2 is 2.08 bits per heavy atom. The van der Waals surface area contributed by atoms with Crippen LogP contribution in [-0.2, 0) is 0 Å². The van der Waals surface area contributed by atoms with Crippen LogP contribution in [0.4, 0.5) is 0 Å². The second kappa shape index (κ2) is 2.88. The number of rotatable bonds is 1. The number of fused-ring (bicyclic) bond motifs is 1. The highest BCUT2D eigenvalue weighted by molar-refractivity contribution is 7.19. The summed E-state index contributed by atoms with van der Waals surface area (Å²) in [6.07, 6.45) is 0. The topological polar surface area (TPSA) is 26.0 Å². The molecular weight excluding hydrogens is 166 g/mol. The van der Waals surface area contributed by atoms with Crippen molar-refractivity contribution in [3.8, 4) is 0 Å². The van der Waals surface area contributed by atoms with Crippen LogP contribution in [-0.4, -0.2) is 0 Å². The molecule has 0 saturated carbocycles. The van der Waals surface area contributed by atoms with Gasteiger partial charge in [-0.3, -0.25) is 0 Å². The maximum Gasteiger partial charge on any atom is 0.0361 e. The molecule has 0 bridgehead atoms. The van der Waals surface area contributed by atoms with Crippen LogP contribution in [0.25, 0.3) is 10.1 Å². The molecule has 0 aliphatic heterocycles. The molecule has 0 saturated heterocycles. The van der Waals surface area contributed by atoms with E-state index >= 15 is 0 Å². The molecule has 0 unspecified atom stereocenters. The fourth-order valence-electron chi connectivity index (χ4n) is 1.23. The molecule has 0 aliphatic carbocycles. The molecule has 0 fully saturated rings. The number of thiophene rings is 1. The van der Waals surface area contributed by atoms with Gasteiger partial charge in [-0.05, 0) is 24.4 Å². The lowest BCUT2D eigenvalue weighted by Crippen LogP contribution is -2.01. The Morgan fingerprint density at radius 1 is 1.33 bits per heavy atom. The molecular formula is C10H11NS. The Balaban J connectivity index is 2.62. The van der Waals surface area contributed by atoms with Gasteiger partial charge in [0.1, 0.15) is 0 Å². The third kappa shape index (κ3) is 1.24. The van der Waals surface area contributed by atoms with Gasteiger partial charge in [0.15, 0.2) is 0 Å². The normalized spacial score (nSPS) is 13.5. The van der Waals surface area contributed by atoms with E-state index in [4.69, 9.17) is 5.73 Å². The van der Waals surface area contributed by atoms with Gasteiger partial charge in [0.05, 0.1) is 0 Å². The summed E-state index contributed by atoms with van der Waals surface area (Å²) in [6, 6.07) is 10.7. The minimum Gasteiger partial charge on any atom is -0.324 e. The molecule has 2 N–H and O–H groups in total. The lowest BCUT2D eigenvalue weighted by molar-refractivity contribution is 0.839. The fourth-order valence-corrected chi connectivity index (χ4v) is 2.24. The van der Waals surface area contributed by atoms with Gasteiger partial charge in [-0.2, -0.15) is 0 Å². The Bertz CT molecular complexity index is 356. The van der Waals surface area contributed by atoms with Crippen molar-refractivity contribution < 1.29 is 0 Å². The second-order valence-electron chi connectivity index (χ2n) is 2.98. The Labute approximate surface area is 75.8 Å². The Hall–Kier alpha value is -0.860. The zero-order valence-electron chi connectivity index (χ0n) is 6.95. The van der Waals surface area contributed by atoms with Crippen LogP contribution in [0.5, 0.6) is 0 Å². The number of nitrogens with two attached hydrogens (primary N) is 1. The van der Waals surface area contributed by atoms with Crippen molar-refractivity contribution in [1.29, 1.82) is 0 Å². The van der Waals surface area contributed by atoms with Crippen molar-refractivity contribution in [1.82, 2.24) is 0 Å². The van der Waals surface area contributed by atoms with Crippen LogP contribution in [0.1, 0.15) is 17.8 Å². The van der Waals surface area contributed by atoms with Crippen LogP contribution in [0.15, 0.2) is 30.3 Å². The molecule has 0 aliphatic rings. The minimum atomic E-state index is 0.155. The monoisotopic (exact) mass is 177 g/mol.